The number of methoxy groups -OCH3 is 6. The van der Waals surface area contributed by atoms with E-state index in [0.29, 0.717) is 58.5 Å². The number of nitrogens with zero attached hydrogens (tertiary/aromatic N) is 2. The lowest BCUT2D eigenvalue weighted by Crippen LogP contribution is -2.46. The second-order valence-corrected chi connectivity index (χ2v) is 9.46. The molecule has 10 nitrogen and oxygen atoms in total. The Bertz CT molecular complexity index is 1330. The number of carbonyl (C=O) groups is 1. The fourth-order valence-corrected chi connectivity index (χ4v) is 5.32. The number of ether oxygens (including phenoxy) is 6. The van der Waals surface area contributed by atoms with Gasteiger partial charge >= 0.3 is 5.97 Å². The molecule has 0 unspecified atom stereocenters. The molecule has 4 rings (SSSR count). The van der Waals surface area contributed by atoms with E-state index in [4.69, 9.17) is 28.4 Å². The Kier molecular flexibility index (Phi) is 9.57. The Balaban J connectivity index is 1.99. The van der Waals surface area contributed by atoms with Crippen molar-refractivity contribution in [3.8, 4) is 39.9 Å². The third-order valence-electron chi connectivity index (χ3n) is 7.34. The molecule has 3 aromatic carbocycles. The fraction of sp³-hybridized carbons (Fsp3) is 0.433. The van der Waals surface area contributed by atoms with Gasteiger partial charge in [0.25, 0.3) is 0 Å². The van der Waals surface area contributed by atoms with Gasteiger partial charge in [-0.05, 0) is 52.2 Å². The number of aliphatic hydroxyl groups excluding tert-OH is 1. The summed E-state index contributed by atoms with van der Waals surface area (Å²) >= 11 is 0. The van der Waals surface area contributed by atoms with Crippen LogP contribution in [0.1, 0.15) is 15.9 Å². The second-order valence-electron chi connectivity index (χ2n) is 9.46. The number of carbonyl (C=O) groups excluding carboxylic acids is 1. The van der Waals surface area contributed by atoms with Gasteiger partial charge in [0, 0.05) is 44.8 Å². The van der Waals surface area contributed by atoms with Crippen molar-refractivity contribution in [1.82, 2.24) is 9.80 Å². The van der Waals surface area contributed by atoms with Gasteiger partial charge in [-0.2, -0.15) is 0 Å². The van der Waals surface area contributed by atoms with Crippen molar-refractivity contribution in [2.75, 3.05) is 82.0 Å². The Morgan fingerprint density at radius 2 is 1.32 bits per heavy atom. The van der Waals surface area contributed by atoms with Crippen LogP contribution in [0.15, 0.2) is 30.3 Å². The molecular formula is C30H38N2O8. The van der Waals surface area contributed by atoms with Gasteiger partial charge in [-0.25, -0.2) is 4.79 Å². The first-order valence-electron chi connectivity index (χ1n) is 13.1. The van der Waals surface area contributed by atoms with Crippen LogP contribution in [-0.2, 0) is 11.3 Å². The van der Waals surface area contributed by atoms with Crippen molar-refractivity contribution >= 4 is 16.7 Å². The molecule has 0 spiro atoms. The molecule has 1 aliphatic rings. The zero-order valence-electron chi connectivity index (χ0n) is 24.0. The van der Waals surface area contributed by atoms with Crippen molar-refractivity contribution in [2.45, 2.75) is 6.54 Å². The maximum absolute atomic E-state index is 13.5. The topological polar surface area (TPSA) is 99.2 Å². The van der Waals surface area contributed by atoms with Crippen molar-refractivity contribution in [2.24, 2.45) is 0 Å². The molecule has 0 saturated carbocycles. The number of hydrogen-bond donors (Lipinski definition) is 1. The molecule has 1 saturated heterocycles. The lowest BCUT2D eigenvalue weighted by atomic mass is 9.88. The van der Waals surface area contributed by atoms with E-state index in [2.05, 4.69) is 9.80 Å². The van der Waals surface area contributed by atoms with E-state index in [1.54, 1.807) is 35.5 Å². The number of hydrogen-bond acceptors (Lipinski definition) is 10. The van der Waals surface area contributed by atoms with E-state index in [1.165, 1.54) is 7.11 Å². The highest BCUT2D eigenvalue weighted by Gasteiger charge is 2.27. The average molecular weight is 555 g/mol. The van der Waals surface area contributed by atoms with E-state index in [-0.39, 0.29) is 6.61 Å². The summed E-state index contributed by atoms with van der Waals surface area (Å²) in [5.74, 6) is 2.05. The molecule has 0 aromatic heterocycles. The standard InChI is InChI=1S/C30H38N2O8/c1-35-23-14-19-13-21(18-32-9-7-31(8-10-32)11-12-33)28(30(34)40-6)27(22(19)17-24(23)36-2)20-15-25(37-3)29(39-5)26(16-20)38-4/h13-17,33H,7-12,18H2,1-6H3. The van der Waals surface area contributed by atoms with Crippen molar-refractivity contribution in [3.05, 3.63) is 41.5 Å². The van der Waals surface area contributed by atoms with Crippen molar-refractivity contribution < 1.29 is 38.3 Å². The van der Waals surface area contributed by atoms with Crippen LogP contribution in [0.4, 0.5) is 0 Å². The first-order chi connectivity index (χ1) is 19.4. The predicted molar refractivity (Wildman–Crippen MR) is 152 cm³/mol. The number of aliphatic hydroxyl groups is 1. The SMILES string of the molecule is COC(=O)c1c(CN2CCN(CCO)CC2)cc2cc(OC)c(OC)cc2c1-c1cc(OC)c(OC)c(OC)c1. The van der Waals surface area contributed by atoms with E-state index in [1.807, 2.05) is 30.3 Å². The number of piperazine rings is 1. The smallest absolute Gasteiger partial charge is 0.338 e. The number of rotatable bonds is 11. The van der Waals surface area contributed by atoms with Gasteiger partial charge < -0.3 is 33.5 Å². The Hall–Kier alpha value is -3.73. The molecule has 1 fully saturated rings. The number of benzene rings is 3. The van der Waals surface area contributed by atoms with Gasteiger partial charge in [0.05, 0.1) is 54.8 Å². The van der Waals surface area contributed by atoms with Crippen LogP contribution in [0.2, 0.25) is 0 Å². The highest BCUT2D eigenvalue weighted by atomic mass is 16.5. The normalized spacial score (nSPS) is 14.2. The maximum Gasteiger partial charge on any atom is 0.338 e. The lowest BCUT2D eigenvalue weighted by Gasteiger charge is -2.34. The number of β-amino-alcohol motifs (C(OH)–C–C–N with tert-alkyl or cyclic N) is 1. The summed E-state index contributed by atoms with van der Waals surface area (Å²) in [7, 11) is 9.22. The van der Waals surface area contributed by atoms with Gasteiger partial charge in [0.15, 0.2) is 23.0 Å². The van der Waals surface area contributed by atoms with Crippen LogP contribution in [0, 0.1) is 0 Å². The van der Waals surface area contributed by atoms with E-state index in [9.17, 15) is 9.90 Å². The molecule has 3 aromatic rings. The highest BCUT2D eigenvalue weighted by molar-refractivity contribution is 6.10. The lowest BCUT2D eigenvalue weighted by molar-refractivity contribution is 0.0597. The van der Waals surface area contributed by atoms with E-state index < -0.39 is 5.97 Å². The Morgan fingerprint density at radius 1 is 0.750 bits per heavy atom. The molecule has 10 heteroatoms. The van der Waals surface area contributed by atoms with Gasteiger partial charge in [0.1, 0.15) is 0 Å². The number of fused-ring (bicyclic) bond motifs is 1. The maximum atomic E-state index is 13.5. The van der Waals surface area contributed by atoms with Crippen LogP contribution < -0.4 is 23.7 Å². The Labute approximate surface area is 234 Å². The predicted octanol–water partition coefficient (Wildman–Crippen LogP) is 3.45. The summed E-state index contributed by atoms with van der Waals surface area (Å²) < 4.78 is 33.4. The molecule has 0 radical (unpaired) electrons. The van der Waals surface area contributed by atoms with Gasteiger partial charge in [-0.3, -0.25) is 9.80 Å². The summed E-state index contributed by atoms with van der Waals surface area (Å²) in [6.07, 6.45) is 0. The zero-order chi connectivity index (χ0) is 28.8. The summed E-state index contributed by atoms with van der Waals surface area (Å²) in [6, 6.07) is 9.47. The van der Waals surface area contributed by atoms with Crippen LogP contribution in [-0.4, -0.2) is 103 Å². The van der Waals surface area contributed by atoms with E-state index in [0.717, 1.165) is 42.5 Å². The molecule has 1 heterocycles. The summed E-state index contributed by atoms with van der Waals surface area (Å²) in [5.41, 5.74) is 2.64. The van der Waals surface area contributed by atoms with Gasteiger partial charge in [-0.1, -0.05) is 0 Å². The van der Waals surface area contributed by atoms with Crippen molar-refractivity contribution in [1.29, 1.82) is 0 Å². The molecule has 0 amide bonds. The third kappa shape index (κ3) is 5.74. The number of esters is 1. The molecule has 1 N–H and O–H groups in total. The van der Waals surface area contributed by atoms with E-state index >= 15 is 0 Å². The fourth-order valence-electron chi connectivity index (χ4n) is 5.32. The molecule has 216 valence electrons. The van der Waals surface area contributed by atoms with Crippen LogP contribution in [0.3, 0.4) is 0 Å². The van der Waals surface area contributed by atoms with Crippen LogP contribution in [0.5, 0.6) is 28.7 Å². The average Bonchev–Trinajstić information content (AvgIpc) is 2.99. The minimum atomic E-state index is -0.450. The van der Waals surface area contributed by atoms with Gasteiger partial charge in [0.2, 0.25) is 5.75 Å². The van der Waals surface area contributed by atoms with Gasteiger partial charge in [-0.15, -0.1) is 0 Å². The highest BCUT2D eigenvalue weighted by Crippen LogP contribution is 2.46. The quantitative estimate of drug-likeness (QED) is 0.355. The largest absolute Gasteiger partial charge is 0.493 e. The summed E-state index contributed by atoms with van der Waals surface area (Å²) in [6.45, 7) is 4.64. The van der Waals surface area contributed by atoms with Crippen molar-refractivity contribution in [3.63, 3.8) is 0 Å². The zero-order valence-corrected chi connectivity index (χ0v) is 24.0. The molecule has 40 heavy (non-hydrogen) atoms. The molecular weight excluding hydrogens is 516 g/mol. The minimum Gasteiger partial charge on any atom is -0.493 e. The van der Waals surface area contributed by atoms with Crippen LogP contribution in [0.25, 0.3) is 21.9 Å². The summed E-state index contributed by atoms with van der Waals surface area (Å²) in [4.78, 5) is 18.1. The first-order valence-corrected chi connectivity index (χ1v) is 13.1. The molecule has 0 atom stereocenters. The monoisotopic (exact) mass is 554 g/mol. The molecule has 1 aliphatic heterocycles. The molecule has 0 aliphatic carbocycles. The van der Waals surface area contributed by atoms with Crippen LogP contribution >= 0.6 is 0 Å². The molecule has 0 bridgehead atoms. The Morgan fingerprint density at radius 3 is 1.85 bits per heavy atom. The second kappa shape index (κ2) is 13.1. The summed E-state index contributed by atoms with van der Waals surface area (Å²) in [5, 5.41) is 11.0. The third-order valence-corrected chi connectivity index (χ3v) is 7.34. The first kappa shape index (κ1) is 29.3. The minimum absolute atomic E-state index is 0.139.